The first-order valence-electron chi connectivity index (χ1n) is 8.26. The summed E-state index contributed by atoms with van der Waals surface area (Å²) in [6, 6.07) is 9.87. The average molecular weight is 487 g/mol. The normalized spacial score (nSPS) is 10.8. The van der Waals surface area contributed by atoms with Gasteiger partial charge in [-0.2, -0.15) is 0 Å². The molecule has 0 unspecified atom stereocenters. The molecule has 0 fully saturated rings. The van der Waals surface area contributed by atoms with Crippen molar-refractivity contribution in [2.24, 2.45) is 4.99 Å². The molecule has 3 N–H and O–H groups in total. The van der Waals surface area contributed by atoms with E-state index in [1.165, 1.54) is 4.88 Å². The van der Waals surface area contributed by atoms with Gasteiger partial charge in [0.25, 0.3) is 0 Å². The van der Waals surface area contributed by atoms with Crippen molar-refractivity contribution in [1.82, 2.24) is 20.9 Å². The van der Waals surface area contributed by atoms with Crippen molar-refractivity contribution in [3.8, 4) is 0 Å². The van der Waals surface area contributed by atoms with Crippen LogP contribution < -0.4 is 16.0 Å². The SMILES string of the molecule is CN=C(NCCC(=O)NCc1ccccc1)NCc1sc(C)nc1C.I. The van der Waals surface area contributed by atoms with Crippen molar-refractivity contribution in [2.45, 2.75) is 33.4 Å². The Labute approximate surface area is 175 Å². The third kappa shape index (κ3) is 7.69. The van der Waals surface area contributed by atoms with Gasteiger partial charge in [0.05, 0.1) is 17.2 Å². The van der Waals surface area contributed by atoms with Crippen LogP contribution in [0.5, 0.6) is 0 Å². The molecule has 0 aliphatic heterocycles. The molecule has 0 spiro atoms. The highest BCUT2D eigenvalue weighted by molar-refractivity contribution is 14.0. The van der Waals surface area contributed by atoms with Crippen LogP contribution in [0.25, 0.3) is 0 Å². The summed E-state index contributed by atoms with van der Waals surface area (Å²) in [4.78, 5) is 21.7. The van der Waals surface area contributed by atoms with Crippen molar-refractivity contribution in [3.63, 3.8) is 0 Å². The van der Waals surface area contributed by atoms with Crippen molar-refractivity contribution in [3.05, 3.63) is 51.5 Å². The Balaban J connectivity index is 0.00000338. The highest BCUT2D eigenvalue weighted by Gasteiger charge is 2.06. The summed E-state index contributed by atoms with van der Waals surface area (Å²) in [6.45, 7) is 5.77. The molecular formula is C18H26IN5OS. The molecular weight excluding hydrogens is 461 g/mol. The fraction of sp³-hybridized carbons (Fsp3) is 0.389. The second-order valence-electron chi connectivity index (χ2n) is 5.61. The molecule has 1 amide bonds. The lowest BCUT2D eigenvalue weighted by Gasteiger charge is -2.11. The minimum atomic E-state index is 0. The molecule has 1 aromatic heterocycles. The number of nitrogens with one attached hydrogen (secondary N) is 3. The molecule has 0 saturated heterocycles. The van der Waals surface area contributed by atoms with E-state index < -0.39 is 0 Å². The number of aliphatic imine (C=N–C) groups is 1. The van der Waals surface area contributed by atoms with Gasteiger partial charge < -0.3 is 16.0 Å². The fourth-order valence-electron chi connectivity index (χ4n) is 2.30. The quantitative estimate of drug-likeness (QED) is 0.319. The van der Waals surface area contributed by atoms with Gasteiger partial charge in [-0.25, -0.2) is 4.98 Å². The van der Waals surface area contributed by atoms with E-state index in [2.05, 4.69) is 25.9 Å². The molecule has 1 heterocycles. The Morgan fingerprint density at radius 3 is 2.46 bits per heavy atom. The molecule has 142 valence electrons. The minimum absolute atomic E-state index is 0. The van der Waals surface area contributed by atoms with Crippen LogP contribution >= 0.6 is 35.3 Å². The first-order chi connectivity index (χ1) is 12.1. The van der Waals surface area contributed by atoms with Crippen LogP contribution in [0.4, 0.5) is 0 Å². The highest BCUT2D eigenvalue weighted by Crippen LogP contribution is 2.16. The van der Waals surface area contributed by atoms with E-state index in [4.69, 9.17) is 0 Å². The monoisotopic (exact) mass is 487 g/mol. The van der Waals surface area contributed by atoms with E-state index in [1.807, 2.05) is 44.2 Å². The maximum absolute atomic E-state index is 11.9. The zero-order valence-electron chi connectivity index (χ0n) is 15.3. The van der Waals surface area contributed by atoms with Gasteiger partial charge in [0, 0.05) is 31.4 Å². The molecule has 0 bridgehead atoms. The Bertz CT molecular complexity index is 718. The molecule has 8 heteroatoms. The minimum Gasteiger partial charge on any atom is -0.356 e. The van der Waals surface area contributed by atoms with Gasteiger partial charge in [0.1, 0.15) is 0 Å². The second-order valence-corrected chi connectivity index (χ2v) is 6.89. The van der Waals surface area contributed by atoms with Gasteiger partial charge in [-0.05, 0) is 19.4 Å². The van der Waals surface area contributed by atoms with E-state index in [0.29, 0.717) is 32.0 Å². The molecule has 2 aromatic rings. The molecule has 1 aromatic carbocycles. The number of halogens is 1. The van der Waals surface area contributed by atoms with Crippen LogP contribution in [0.15, 0.2) is 35.3 Å². The molecule has 0 atom stereocenters. The third-order valence-electron chi connectivity index (χ3n) is 3.62. The number of aromatic nitrogens is 1. The topological polar surface area (TPSA) is 78.4 Å². The number of rotatable bonds is 7. The van der Waals surface area contributed by atoms with Crippen LogP contribution in [0.2, 0.25) is 0 Å². The van der Waals surface area contributed by atoms with Gasteiger partial charge in [0.15, 0.2) is 5.96 Å². The number of nitrogens with zero attached hydrogens (tertiary/aromatic N) is 2. The van der Waals surface area contributed by atoms with Gasteiger partial charge >= 0.3 is 0 Å². The third-order valence-corrected chi connectivity index (χ3v) is 4.69. The van der Waals surface area contributed by atoms with E-state index >= 15 is 0 Å². The van der Waals surface area contributed by atoms with Crippen LogP contribution in [0.1, 0.15) is 27.6 Å². The second kappa shape index (κ2) is 11.8. The lowest BCUT2D eigenvalue weighted by molar-refractivity contribution is -0.121. The van der Waals surface area contributed by atoms with Crippen molar-refractivity contribution >= 4 is 47.2 Å². The number of amides is 1. The van der Waals surface area contributed by atoms with Gasteiger partial charge in [-0.3, -0.25) is 9.79 Å². The number of thiazole rings is 1. The number of aryl methyl sites for hydroxylation is 2. The largest absolute Gasteiger partial charge is 0.356 e. The number of carbonyl (C=O) groups is 1. The number of hydrogen-bond donors (Lipinski definition) is 3. The predicted octanol–water partition coefficient (Wildman–Crippen LogP) is 2.75. The molecule has 6 nitrogen and oxygen atoms in total. The summed E-state index contributed by atoms with van der Waals surface area (Å²) in [7, 11) is 1.72. The van der Waals surface area contributed by atoms with Crippen molar-refractivity contribution in [2.75, 3.05) is 13.6 Å². The zero-order valence-corrected chi connectivity index (χ0v) is 18.5. The fourth-order valence-corrected chi connectivity index (χ4v) is 3.18. The van der Waals surface area contributed by atoms with E-state index in [9.17, 15) is 4.79 Å². The van der Waals surface area contributed by atoms with Gasteiger partial charge in [0.2, 0.25) is 5.91 Å². The van der Waals surface area contributed by atoms with E-state index in [0.717, 1.165) is 16.3 Å². The number of hydrogen-bond acceptors (Lipinski definition) is 4. The molecule has 0 saturated carbocycles. The van der Waals surface area contributed by atoms with Gasteiger partial charge in [-0.1, -0.05) is 30.3 Å². The van der Waals surface area contributed by atoms with Gasteiger partial charge in [-0.15, -0.1) is 35.3 Å². The number of carbonyl (C=O) groups excluding carboxylic acids is 1. The lowest BCUT2D eigenvalue weighted by Crippen LogP contribution is -2.38. The molecule has 2 rings (SSSR count). The van der Waals surface area contributed by atoms with Crippen LogP contribution in [-0.4, -0.2) is 30.4 Å². The number of guanidine groups is 1. The standard InChI is InChI=1S/C18H25N5OS.HI/c1-13-16(25-14(2)23-13)12-22-18(19-3)20-10-9-17(24)21-11-15-7-5-4-6-8-15;/h4-8H,9-12H2,1-3H3,(H,21,24)(H2,19,20,22);1H. The smallest absolute Gasteiger partial charge is 0.222 e. The summed E-state index contributed by atoms with van der Waals surface area (Å²) in [6.07, 6.45) is 0.395. The van der Waals surface area contributed by atoms with Crippen molar-refractivity contribution in [1.29, 1.82) is 0 Å². The molecule has 26 heavy (non-hydrogen) atoms. The molecule has 0 aliphatic carbocycles. The average Bonchev–Trinajstić information content (AvgIpc) is 2.94. The van der Waals surface area contributed by atoms with E-state index in [1.54, 1.807) is 18.4 Å². The number of benzene rings is 1. The maximum atomic E-state index is 11.9. The zero-order chi connectivity index (χ0) is 18.1. The summed E-state index contributed by atoms with van der Waals surface area (Å²) in [5.41, 5.74) is 2.14. The molecule has 0 radical (unpaired) electrons. The van der Waals surface area contributed by atoms with Crippen LogP contribution in [-0.2, 0) is 17.9 Å². The molecule has 0 aliphatic rings. The van der Waals surface area contributed by atoms with Crippen molar-refractivity contribution < 1.29 is 4.79 Å². The predicted molar refractivity (Wildman–Crippen MR) is 118 cm³/mol. The summed E-state index contributed by atoms with van der Waals surface area (Å²) >= 11 is 1.68. The Morgan fingerprint density at radius 2 is 1.85 bits per heavy atom. The summed E-state index contributed by atoms with van der Waals surface area (Å²) < 4.78 is 0. The van der Waals surface area contributed by atoms with E-state index in [-0.39, 0.29) is 29.9 Å². The highest BCUT2D eigenvalue weighted by atomic mass is 127. The first kappa shape index (κ1) is 22.4. The summed E-state index contributed by atoms with van der Waals surface area (Å²) in [5.74, 6) is 0.696. The Hall–Kier alpha value is -1.68. The Kier molecular flexibility index (Phi) is 10.2. The van der Waals surface area contributed by atoms with Crippen LogP contribution in [0.3, 0.4) is 0 Å². The lowest BCUT2D eigenvalue weighted by atomic mass is 10.2. The van der Waals surface area contributed by atoms with Crippen LogP contribution in [0, 0.1) is 13.8 Å². The first-order valence-corrected chi connectivity index (χ1v) is 9.08. The maximum Gasteiger partial charge on any atom is 0.222 e. The summed E-state index contributed by atoms with van der Waals surface area (Å²) in [5, 5.41) is 10.4. The Morgan fingerprint density at radius 1 is 1.12 bits per heavy atom.